The molecule has 0 saturated carbocycles. The number of anilines is 3. The first-order chi connectivity index (χ1) is 13.7. The average Bonchev–Trinajstić information content (AvgIpc) is 2.75. The van der Waals surface area contributed by atoms with Crippen LogP contribution in [-0.4, -0.2) is 19.5 Å². The minimum atomic E-state index is 0.0169. The third kappa shape index (κ3) is 3.47. The van der Waals surface area contributed by atoms with E-state index in [9.17, 15) is 4.79 Å². The second-order valence-corrected chi connectivity index (χ2v) is 7.64. The molecule has 0 N–H and O–H groups in total. The zero-order valence-corrected chi connectivity index (χ0v) is 16.3. The molecule has 0 unspecified atom stereocenters. The molecular weight excluding hydrogens is 366 g/mol. The van der Waals surface area contributed by atoms with Crippen LogP contribution >= 0.6 is 11.8 Å². The van der Waals surface area contributed by atoms with Crippen molar-refractivity contribution in [3.05, 3.63) is 78.4 Å². The van der Waals surface area contributed by atoms with Gasteiger partial charge in [0.1, 0.15) is 0 Å². The van der Waals surface area contributed by atoms with E-state index in [1.807, 2.05) is 30.3 Å². The number of carbonyl (C=O) groups is 1. The van der Waals surface area contributed by atoms with Gasteiger partial charge in [0.25, 0.3) is 0 Å². The summed E-state index contributed by atoms with van der Waals surface area (Å²) in [5.74, 6) is 0.0169. The Balaban J connectivity index is 1.55. The lowest BCUT2D eigenvalue weighted by Crippen LogP contribution is -2.31. The van der Waals surface area contributed by atoms with Gasteiger partial charge in [-0.25, -0.2) is 0 Å². The molecule has 0 fully saturated rings. The zero-order valence-electron chi connectivity index (χ0n) is 15.5. The van der Waals surface area contributed by atoms with Crippen molar-refractivity contribution in [1.82, 2.24) is 0 Å². The highest BCUT2D eigenvalue weighted by Crippen LogP contribution is 2.47. The first-order valence-electron chi connectivity index (χ1n) is 9.07. The molecule has 1 heterocycles. The van der Waals surface area contributed by atoms with Gasteiger partial charge in [-0.15, -0.1) is 0 Å². The monoisotopic (exact) mass is 385 g/mol. The van der Waals surface area contributed by atoms with Crippen molar-refractivity contribution in [2.75, 3.05) is 23.4 Å². The number of rotatable bonds is 4. The molecule has 0 atom stereocenters. The topological polar surface area (TPSA) is 47.3 Å². The van der Waals surface area contributed by atoms with Gasteiger partial charge >= 0.3 is 0 Å². The van der Waals surface area contributed by atoms with Crippen molar-refractivity contribution in [1.29, 1.82) is 5.26 Å². The highest BCUT2D eigenvalue weighted by molar-refractivity contribution is 7.99. The number of carbonyl (C=O) groups excluding carboxylic acids is 1. The fourth-order valence-corrected chi connectivity index (χ4v) is 4.42. The van der Waals surface area contributed by atoms with Crippen LogP contribution in [0.4, 0.5) is 17.1 Å². The van der Waals surface area contributed by atoms with Crippen molar-refractivity contribution >= 4 is 34.7 Å². The number of fused-ring (bicyclic) bond motifs is 2. The molecule has 1 aliphatic heterocycles. The van der Waals surface area contributed by atoms with E-state index in [-0.39, 0.29) is 5.91 Å². The van der Waals surface area contributed by atoms with Crippen molar-refractivity contribution in [2.24, 2.45) is 0 Å². The summed E-state index contributed by atoms with van der Waals surface area (Å²) >= 11 is 1.76. The minimum Gasteiger partial charge on any atom is -0.339 e. The minimum absolute atomic E-state index is 0.0169. The van der Waals surface area contributed by atoms with Crippen LogP contribution < -0.4 is 9.80 Å². The Labute approximate surface area is 169 Å². The third-order valence-corrected chi connectivity index (χ3v) is 5.95. The number of amides is 1. The van der Waals surface area contributed by atoms with Gasteiger partial charge in [0.2, 0.25) is 5.91 Å². The van der Waals surface area contributed by atoms with Gasteiger partial charge in [0.15, 0.2) is 0 Å². The Kier molecular flexibility index (Phi) is 5.05. The van der Waals surface area contributed by atoms with E-state index in [0.717, 1.165) is 17.1 Å². The highest BCUT2D eigenvalue weighted by atomic mass is 32.2. The molecule has 3 aromatic rings. The lowest BCUT2D eigenvalue weighted by Gasteiger charge is -2.33. The summed E-state index contributed by atoms with van der Waals surface area (Å²) in [7, 11) is 1.76. The number of nitriles is 1. The van der Waals surface area contributed by atoms with Crippen molar-refractivity contribution in [3.8, 4) is 6.07 Å². The molecule has 1 amide bonds. The van der Waals surface area contributed by atoms with E-state index in [1.165, 1.54) is 9.79 Å². The van der Waals surface area contributed by atoms with Crippen LogP contribution in [0.15, 0.2) is 82.6 Å². The summed E-state index contributed by atoms with van der Waals surface area (Å²) < 4.78 is 0. The second-order valence-electron chi connectivity index (χ2n) is 6.55. The van der Waals surface area contributed by atoms with E-state index in [0.29, 0.717) is 18.5 Å². The van der Waals surface area contributed by atoms with Crippen LogP contribution in [0.25, 0.3) is 0 Å². The van der Waals surface area contributed by atoms with Crippen molar-refractivity contribution < 1.29 is 4.79 Å². The van der Waals surface area contributed by atoms with Crippen LogP contribution in [0, 0.1) is 11.3 Å². The summed E-state index contributed by atoms with van der Waals surface area (Å²) in [5.41, 5.74) is 3.55. The maximum Gasteiger partial charge on any atom is 0.228 e. The smallest absolute Gasteiger partial charge is 0.228 e. The Morgan fingerprint density at radius 1 is 1.00 bits per heavy atom. The maximum atomic E-state index is 12.8. The number of hydrogen-bond donors (Lipinski definition) is 0. The van der Waals surface area contributed by atoms with Gasteiger partial charge in [-0.2, -0.15) is 5.26 Å². The van der Waals surface area contributed by atoms with Crippen LogP contribution in [-0.2, 0) is 4.79 Å². The SMILES string of the molecule is CN(C(=O)CCN1c2ccccc2Sc2ccccc21)c1cccc(C#N)c1. The first-order valence-corrected chi connectivity index (χ1v) is 9.89. The van der Waals surface area contributed by atoms with Crippen LogP contribution in [0.1, 0.15) is 12.0 Å². The summed E-state index contributed by atoms with van der Waals surface area (Å²) in [6.45, 7) is 0.593. The van der Waals surface area contributed by atoms with Crippen LogP contribution in [0.3, 0.4) is 0 Å². The summed E-state index contributed by atoms with van der Waals surface area (Å²) in [4.78, 5) is 19.1. The Hall–Kier alpha value is -3.23. The predicted molar refractivity (Wildman–Crippen MR) is 113 cm³/mol. The molecule has 4 rings (SSSR count). The summed E-state index contributed by atoms with van der Waals surface area (Å²) in [6.07, 6.45) is 0.376. The lowest BCUT2D eigenvalue weighted by atomic mass is 10.2. The van der Waals surface area contributed by atoms with Crippen LogP contribution in [0.5, 0.6) is 0 Å². The molecule has 0 radical (unpaired) electrons. The molecule has 0 aliphatic carbocycles. The summed E-state index contributed by atoms with van der Waals surface area (Å²) in [5, 5.41) is 9.08. The Morgan fingerprint density at radius 2 is 1.64 bits per heavy atom. The molecule has 28 heavy (non-hydrogen) atoms. The number of para-hydroxylation sites is 2. The van der Waals surface area contributed by atoms with E-state index in [1.54, 1.807) is 41.9 Å². The van der Waals surface area contributed by atoms with Gasteiger partial charge in [0, 0.05) is 35.5 Å². The largest absolute Gasteiger partial charge is 0.339 e. The summed E-state index contributed by atoms with van der Waals surface area (Å²) in [6, 6.07) is 25.8. The quantitative estimate of drug-likeness (QED) is 0.618. The Morgan fingerprint density at radius 3 is 2.29 bits per heavy atom. The van der Waals surface area contributed by atoms with Gasteiger partial charge in [-0.05, 0) is 42.5 Å². The average molecular weight is 385 g/mol. The highest BCUT2D eigenvalue weighted by Gasteiger charge is 2.23. The fraction of sp³-hybridized carbons (Fsp3) is 0.130. The number of nitrogens with zero attached hydrogens (tertiary/aromatic N) is 3. The molecule has 5 heteroatoms. The maximum absolute atomic E-state index is 12.8. The van der Waals surface area contributed by atoms with Crippen LogP contribution in [0.2, 0.25) is 0 Å². The molecule has 1 aliphatic rings. The number of hydrogen-bond acceptors (Lipinski definition) is 4. The van der Waals surface area contributed by atoms with Gasteiger partial charge in [-0.1, -0.05) is 42.1 Å². The predicted octanol–water partition coefficient (Wildman–Crippen LogP) is 5.21. The van der Waals surface area contributed by atoms with Gasteiger partial charge < -0.3 is 9.80 Å². The molecule has 138 valence electrons. The normalized spacial score (nSPS) is 11.9. The Bertz CT molecular complexity index is 1030. The molecular formula is C23H19N3OS. The standard InChI is InChI=1S/C23H19N3OS/c1-25(18-8-6-7-17(15-18)16-24)23(27)13-14-26-19-9-2-4-11-21(19)28-22-12-5-3-10-20(22)26/h2-12,15H,13-14H2,1H3. The molecule has 0 spiro atoms. The van der Waals surface area contributed by atoms with E-state index in [4.69, 9.17) is 5.26 Å². The number of benzene rings is 3. The fourth-order valence-electron chi connectivity index (χ4n) is 3.33. The van der Waals surface area contributed by atoms with E-state index in [2.05, 4.69) is 35.2 Å². The van der Waals surface area contributed by atoms with Gasteiger partial charge in [0.05, 0.1) is 23.0 Å². The second kappa shape index (κ2) is 7.79. The molecule has 4 nitrogen and oxygen atoms in total. The van der Waals surface area contributed by atoms with E-state index >= 15 is 0 Å². The molecule has 3 aromatic carbocycles. The van der Waals surface area contributed by atoms with Crippen molar-refractivity contribution in [3.63, 3.8) is 0 Å². The van der Waals surface area contributed by atoms with Gasteiger partial charge in [-0.3, -0.25) is 4.79 Å². The zero-order chi connectivity index (χ0) is 19.5. The third-order valence-electron chi connectivity index (χ3n) is 4.82. The molecule has 0 aromatic heterocycles. The van der Waals surface area contributed by atoms with E-state index < -0.39 is 0 Å². The van der Waals surface area contributed by atoms with Crippen molar-refractivity contribution in [2.45, 2.75) is 16.2 Å². The molecule has 0 bridgehead atoms. The lowest BCUT2D eigenvalue weighted by molar-refractivity contribution is -0.118. The molecule has 0 saturated heterocycles. The first kappa shape index (κ1) is 18.1.